The molecule has 0 radical (unpaired) electrons. The average Bonchev–Trinajstić information content (AvgIpc) is 2.00. The Labute approximate surface area is 88.0 Å². The Morgan fingerprint density at radius 2 is 1.83 bits per heavy atom. The molecular formula is C7H7BBr2O2. The largest absolute Gasteiger partial charge is 0.488 e. The lowest BCUT2D eigenvalue weighted by Gasteiger charge is -2.07. The van der Waals surface area contributed by atoms with E-state index in [0.29, 0.717) is 5.46 Å². The number of benzene rings is 1. The minimum Gasteiger partial charge on any atom is -0.423 e. The number of hydrogen-bond donors (Lipinski definition) is 2. The summed E-state index contributed by atoms with van der Waals surface area (Å²) in [7, 11) is -1.41. The van der Waals surface area contributed by atoms with Crippen LogP contribution in [0.5, 0.6) is 0 Å². The zero-order valence-corrected chi connectivity index (χ0v) is 9.55. The molecule has 0 heterocycles. The first kappa shape index (κ1) is 10.2. The van der Waals surface area contributed by atoms with Gasteiger partial charge in [0.1, 0.15) is 0 Å². The van der Waals surface area contributed by atoms with Crippen LogP contribution >= 0.6 is 31.9 Å². The van der Waals surface area contributed by atoms with Gasteiger partial charge >= 0.3 is 7.12 Å². The quantitative estimate of drug-likeness (QED) is 0.764. The maximum Gasteiger partial charge on any atom is 0.488 e. The fraction of sp³-hybridized carbons (Fsp3) is 0.143. The van der Waals surface area contributed by atoms with Crippen molar-refractivity contribution in [3.63, 3.8) is 0 Å². The maximum atomic E-state index is 8.94. The van der Waals surface area contributed by atoms with Crippen molar-refractivity contribution in [2.75, 3.05) is 0 Å². The Balaban J connectivity index is 3.27. The van der Waals surface area contributed by atoms with Gasteiger partial charge in [-0.3, -0.25) is 0 Å². The van der Waals surface area contributed by atoms with Crippen molar-refractivity contribution in [1.29, 1.82) is 0 Å². The summed E-state index contributed by atoms with van der Waals surface area (Å²) in [5.41, 5.74) is 1.35. The lowest BCUT2D eigenvalue weighted by atomic mass is 9.77. The highest BCUT2D eigenvalue weighted by Crippen LogP contribution is 2.24. The average molecular weight is 294 g/mol. The first-order valence-corrected chi connectivity index (χ1v) is 4.93. The van der Waals surface area contributed by atoms with E-state index in [0.717, 1.165) is 14.5 Å². The molecule has 0 amide bonds. The van der Waals surface area contributed by atoms with Crippen molar-refractivity contribution in [3.8, 4) is 0 Å². The summed E-state index contributed by atoms with van der Waals surface area (Å²) in [6, 6.07) is 3.45. The van der Waals surface area contributed by atoms with E-state index in [1.54, 1.807) is 12.1 Å². The second kappa shape index (κ2) is 3.92. The highest BCUT2D eigenvalue weighted by atomic mass is 79.9. The first-order chi connectivity index (χ1) is 5.54. The third-order valence-electron chi connectivity index (χ3n) is 1.66. The molecule has 0 aromatic heterocycles. The van der Waals surface area contributed by atoms with Crippen LogP contribution in [-0.4, -0.2) is 17.2 Å². The molecule has 1 aromatic carbocycles. The Kier molecular flexibility index (Phi) is 3.34. The van der Waals surface area contributed by atoms with E-state index in [4.69, 9.17) is 10.0 Å². The fourth-order valence-electron chi connectivity index (χ4n) is 0.947. The molecular weight excluding hydrogens is 287 g/mol. The Bertz CT molecular complexity index is 302. The van der Waals surface area contributed by atoms with Gasteiger partial charge in [0.2, 0.25) is 0 Å². The predicted molar refractivity (Wildman–Crippen MR) is 56.4 cm³/mol. The van der Waals surface area contributed by atoms with Crippen molar-refractivity contribution in [1.82, 2.24) is 0 Å². The molecule has 2 nitrogen and oxygen atoms in total. The van der Waals surface area contributed by atoms with Gasteiger partial charge in [-0.1, -0.05) is 6.07 Å². The molecule has 0 spiro atoms. The normalized spacial score (nSPS) is 10.1. The van der Waals surface area contributed by atoms with E-state index in [1.807, 2.05) is 6.92 Å². The molecule has 0 aliphatic heterocycles. The lowest BCUT2D eigenvalue weighted by molar-refractivity contribution is 0.425. The second-order valence-corrected chi connectivity index (χ2v) is 4.10. The molecule has 0 aliphatic carbocycles. The first-order valence-electron chi connectivity index (χ1n) is 3.34. The molecule has 0 aliphatic rings. The van der Waals surface area contributed by atoms with Gasteiger partial charge in [-0.25, -0.2) is 0 Å². The van der Waals surface area contributed by atoms with Crippen LogP contribution in [0.15, 0.2) is 21.1 Å². The number of halogens is 2. The summed E-state index contributed by atoms with van der Waals surface area (Å²) >= 11 is 6.65. The van der Waals surface area contributed by atoms with Gasteiger partial charge in [-0.15, -0.1) is 0 Å². The molecule has 5 heteroatoms. The van der Waals surface area contributed by atoms with E-state index in [9.17, 15) is 0 Å². The van der Waals surface area contributed by atoms with Gasteiger partial charge in [0.25, 0.3) is 0 Å². The second-order valence-electron chi connectivity index (χ2n) is 2.45. The molecule has 0 bridgehead atoms. The molecule has 64 valence electrons. The van der Waals surface area contributed by atoms with E-state index in [2.05, 4.69) is 31.9 Å². The summed E-state index contributed by atoms with van der Waals surface area (Å²) in [5.74, 6) is 0. The third kappa shape index (κ3) is 1.91. The van der Waals surface area contributed by atoms with E-state index >= 15 is 0 Å². The van der Waals surface area contributed by atoms with Crippen molar-refractivity contribution in [2.24, 2.45) is 0 Å². The topological polar surface area (TPSA) is 40.5 Å². The molecule has 0 fully saturated rings. The van der Waals surface area contributed by atoms with Crippen LogP contribution in [-0.2, 0) is 0 Å². The molecule has 0 saturated carbocycles. The van der Waals surface area contributed by atoms with Crippen LogP contribution in [0, 0.1) is 6.92 Å². The van der Waals surface area contributed by atoms with E-state index in [-0.39, 0.29) is 0 Å². The van der Waals surface area contributed by atoms with Gasteiger partial charge in [0.05, 0.1) is 0 Å². The van der Waals surface area contributed by atoms with Crippen LogP contribution in [0.4, 0.5) is 0 Å². The Morgan fingerprint density at radius 3 is 2.33 bits per heavy atom. The summed E-state index contributed by atoms with van der Waals surface area (Å²) < 4.78 is 1.76. The molecule has 1 rings (SSSR count). The summed E-state index contributed by atoms with van der Waals surface area (Å²) in [4.78, 5) is 0. The highest BCUT2D eigenvalue weighted by Gasteiger charge is 2.16. The fourth-order valence-corrected chi connectivity index (χ4v) is 1.74. The molecule has 0 unspecified atom stereocenters. The zero-order chi connectivity index (χ0) is 9.30. The molecule has 12 heavy (non-hydrogen) atoms. The van der Waals surface area contributed by atoms with Crippen LogP contribution < -0.4 is 5.46 Å². The SMILES string of the molecule is Cc1c(B(O)O)ccc(Br)c1Br. The molecule has 2 N–H and O–H groups in total. The van der Waals surface area contributed by atoms with Gasteiger partial charge in [-0.2, -0.15) is 0 Å². The number of hydrogen-bond acceptors (Lipinski definition) is 2. The summed E-state index contributed by atoms with van der Waals surface area (Å²) in [5, 5.41) is 17.9. The van der Waals surface area contributed by atoms with Gasteiger partial charge in [-0.05, 0) is 55.9 Å². The number of rotatable bonds is 1. The minimum absolute atomic E-state index is 0.519. The Morgan fingerprint density at radius 1 is 1.25 bits per heavy atom. The van der Waals surface area contributed by atoms with Crippen LogP contribution in [0.25, 0.3) is 0 Å². The van der Waals surface area contributed by atoms with Gasteiger partial charge in [0, 0.05) is 8.95 Å². The minimum atomic E-state index is -1.41. The smallest absolute Gasteiger partial charge is 0.423 e. The zero-order valence-electron chi connectivity index (χ0n) is 6.38. The maximum absolute atomic E-state index is 8.94. The monoisotopic (exact) mass is 292 g/mol. The van der Waals surface area contributed by atoms with Crippen LogP contribution in [0.1, 0.15) is 5.56 Å². The van der Waals surface area contributed by atoms with Crippen molar-refractivity contribution in [3.05, 3.63) is 26.6 Å². The van der Waals surface area contributed by atoms with Crippen LogP contribution in [0.3, 0.4) is 0 Å². The molecule has 0 saturated heterocycles. The van der Waals surface area contributed by atoms with Gasteiger partial charge in [0.15, 0.2) is 0 Å². The summed E-state index contributed by atoms with van der Waals surface area (Å²) in [6.07, 6.45) is 0. The predicted octanol–water partition coefficient (Wildman–Crippen LogP) is 1.20. The lowest BCUT2D eigenvalue weighted by Crippen LogP contribution is -2.32. The van der Waals surface area contributed by atoms with Crippen molar-refractivity contribution in [2.45, 2.75) is 6.92 Å². The van der Waals surface area contributed by atoms with Crippen LogP contribution in [0.2, 0.25) is 0 Å². The molecule has 1 aromatic rings. The van der Waals surface area contributed by atoms with Gasteiger partial charge < -0.3 is 10.0 Å². The van der Waals surface area contributed by atoms with Crippen molar-refractivity contribution >= 4 is 44.4 Å². The highest BCUT2D eigenvalue weighted by molar-refractivity contribution is 9.13. The third-order valence-corrected chi connectivity index (χ3v) is 3.87. The molecule has 0 atom stereocenters. The van der Waals surface area contributed by atoms with Crippen molar-refractivity contribution < 1.29 is 10.0 Å². The Hall–Kier alpha value is 0.165. The van der Waals surface area contributed by atoms with E-state index < -0.39 is 7.12 Å². The summed E-state index contributed by atoms with van der Waals surface area (Å²) in [6.45, 7) is 1.82. The van der Waals surface area contributed by atoms with E-state index in [1.165, 1.54) is 0 Å². The standard InChI is InChI=1S/C7H7BBr2O2/c1-4-5(8(11)12)2-3-6(9)7(4)10/h2-3,11-12H,1H3.